The molecule has 1 aromatic rings. The van der Waals surface area contributed by atoms with Crippen molar-refractivity contribution < 1.29 is 9.00 Å². The normalized spacial score (nSPS) is 14.1. The van der Waals surface area contributed by atoms with E-state index in [1.165, 1.54) is 0 Å². The molecule has 0 fully saturated rings. The number of hydrogen-bond donors (Lipinski definition) is 2. The molecule has 2 unspecified atom stereocenters. The van der Waals surface area contributed by atoms with Gasteiger partial charge >= 0.3 is 0 Å². The molecule has 0 radical (unpaired) electrons. The Morgan fingerprint density at radius 1 is 1.35 bits per heavy atom. The first-order valence-electron chi connectivity index (χ1n) is 6.84. The number of nitrogen functional groups attached to an aromatic ring is 1. The largest absolute Gasteiger partial charge is 0.399 e. The molecule has 20 heavy (non-hydrogen) atoms. The van der Waals surface area contributed by atoms with Gasteiger partial charge in [-0.05, 0) is 36.6 Å². The molecule has 112 valence electrons. The average Bonchev–Trinajstić information content (AvgIpc) is 2.38. The first kappa shape index (κ1) is 16.7. The van der Waals surface area contributed by atoms with Gasteiger partial charge in [0.05, 0.1) is 0 Å². The van der Waals surface area contributed by atoms with Crippen LogP contribution in [0.2, 0.25) is 0 Å². The van der Waals surface area contributed by atoms with E-state index >= 15 is 0 Å². The Balaban J connectivity index is 2.50. The van der Waals surface area contributed by atoms with Crippen molar-refractivity contribution in [3.63, 3.8) is 0 Å². The Morgan fingerprint density at radius 2 is 2.00 bits per heavy atom. The van der Waals surface area contributed by atoms with E-state index in [-0.39, 0.29) is 17.6 Å². The summed E-state index contributed by atoms with van der Waals surface area (Å²) >= 11 is 0. The average molecular weight is 296 g/mol. The molecule has 3 N–H and O–H groups in total. The highest BCUT2D eigenvalue weighted by Crippen LogP contribution is 2.18. The van der Waals surface area contributed by atoms with Crippen molar-refractivity contribution in [3.8, 4) is 0 Å². The van der Waals surface area contributed by atoms with Crippen LogP contribution >= 0.6 is 0 Å². The van der Waals surface area contributed by atoms with Crippen LogP contribution < -0.4 is 11.1 Å². The molecular formula is C15H24N2O2S. The summed E-state index contributed by atoms with van der Waals surface area (Å²) in [5.41, 5.74) is 8.02. The van der Waals surface area contributed by atoms with Crippen LogP contribution in [0.15, 0.2) is 18.2 Å². The molecule has 0 bridgehead atoms. The molecule has 0 saturated heterocycles. The molecule has 0 heterocycles. The van der Waals surface area contributed by atoms with E-state index in [1.807, 2.05) is 33.8 Å². The maximum Gasteiger partial charge on any atom is 0.225 e. The number of hydrogen-bond acceptors (Lipinski definition) is 3. The molecule has 4 nitrogen and oxygen atoms in total. The first-order chi connectivity index (χ1) is 9.31. The number of anilines is 2. The fourth-order valence-electron chi connectivity index (χ4n) is 1.72. The van der Waals surface area contributed by atoms with Gasteiger partial charge in [0, 0.05) is 39.6 Å². The predicted molar refractivity (Wildman–Crippen MR) is 86.1 cm³/mol. The van der Waals surface area contributed by atoms with Crippen LogP contribution in [0.4, 0.5) is 11.4 Å². The zero-order valence-corrected chi connectivity index (χ0v) is 13.4. The summed E-state index contributed by atoms with van der Waals surface area (Å²) in [5.74, 6) is 0.652. The molecular weight excluding hydrogens is 272 g/mol. The van der Waals surface area contributed by atoms with Gasteiger partial charge in [0.15, 0.2) is 0 Å². The number of aryl methyl sites for hydroxylation is 1. The summed E-state index contributed by atoms with van der Waals surface area (Å²) < 4.78 is 12.0. The molecule has 0 spiro atoms. The van der Waals surface area contributed by atoms with E-state index in [1.54, 1.807) is 12.1 Å². The molecule has 1 aromatic carbocycles. The van der Waals surface area contributed by atoms with E-state index in [9.17, 15) is 9.00 Å². The Bertz CT molecular complexity index is 501. The molecule has 0 aromatic heterocycles. The highest BCUT2D eigenvalue weighted by atomic mass is 32.2. The van der Waals surface area contributed by atoms with Gasteiger partial charge in [-0.15, -0.1) is 0 Å². The maximum absolute atomic E-state index is 12.0. The Morgan fingerprint density at radius 3 is 2.55 bits per heavy atom. The zero-order valence-electron chi connectivity index (χ0n) is 12.6. The zero-order chi connectivity index (χ0) is 15.3. The smallest absolute Gasteiger partial charge is 0.225 e. The lowest BCUT2D eigenvalue weighted by atomic mass is 10.2. The van der Waals surface area contributed by atoms with E-state index in [0.29, 0.717) is 17.4 Å². The summed E-state index contributed by atoms with van der Waals surface area (Å²) in [7, 11) is -0.963. The minimum absolute atomic E-state index is 0.109. The van der Waals surface area contributed by atoms with Crippen molar-refractivity contribution in [1.29, 1.82) is 0 Å². The van der Waals surface area contributed by atoms with Crippen LogP contribution in [0.25, 0.3) is 0 Å². The van der Waals surface area contributed by atoms with Crippen molar-refractivity contribution in [1.82, 2.24) is 0 Å². The number of nitrogens with one attached hydrogen (secondary N) is 1. The summed E-state index contributed by atoms with van der Waals surface area (Å²) in [6.45, 7) is 7.94. The SMILES string of the molecule is Cc1cc(N)ccc1NC(=O)CCS(=O)C(C)C(C)C. The molecule has 0 aliphatic heterocycles. The quantitative estimate of drug-likeness (QED) is 0.793. The van der Waals surface area contributed by atoms with Crippen molar-refractivity contribution in [2.75, 3.05) is 16.8 Å². The van der Waals surface area contributed by atoms with Crippen molar-refractivity contribution in [3.05, 3.63) is 23.8 Å². The van der Waals surface area contributed by atoms with Crippen LogP contribution in [0.1, 0.15) is 32.8 Å². The van der Waals surface area contributed by atoms with E-state index in [4.69, 9.17) is 5.73 Å². The lowest BCUT2D eigenvalue weighted by molar-refractivity contribution is -0.115. The summed E-state index contributed by atoms with van der Waals surface area (Å²) in [4.78, 5) is 11.9. The number of carbonyl (C=O) groups is 1. The minimum Gasteiger partial charge on any atom is -0.399 e. The monoisotopic (exact) mass is 296 g/mol. The van der Waals surface area contributed by atoms with E-state index < -0.39 is 10.8 Å². The Hall–Kier alpha value is -1.36. The Kier molecular flexibility index (Phi) is 6.20. The lowest BCUT2D eigenvalue weighted by Gasteiger charge is -2.15. The van der Waals surface area contributed by atoms with E-state index in [0.717, 1.165) is 11.3 Å². The van der Waals surface area contributed by atoms with Gasteiger partial charge in [-0.3, -0.25) is 9.00 Å². The highest BCUT2D eigenvalue weighted by molar-refractivity contribution is 7.85. The van der Waals surface area contributed by atoms with Gasteiger partial charge in [-0.1, -0.05) is 20.8 Å². The van der Waals surface area contributed by atoms with Crippen LogP contribution in [-0.2, 0) is 15.6 Å². The van der Waals surface area contributed by atoms with Gasteiger partial charge in [-0.2, -0.15) is 0 Å². The second-order valence-electron chi connectivity index (χ2n) is 5.41. The second kappa shape index (κ2) is 7.43. The molecule has 0 aliphatic carbocycles. The third-order valence-corrected chi connectivity index (χ3v) is 5.39. The van der Waals surface area contributed by atoms with Crippen LogP contribution in [0.5, 0.6) is 0 Å². The van der Waals surface area contributed by atoms with Crippen LogP contribution in [-0.4, -0.2) is 21.1 Å². The molecule has 0 aliphatic rings. The van der Waals surface area contributed by atoms with Crippen molar-refractivity contribution in [2.24, 2.45) is 5.92 Å². The van der Waals surface area contributed by atoms with Gasteiger partial charge in [0.1, 0.15) is 0 Å². The molecule has 5 heteroatoms. The molecule has 1 amide bonds. The Labute approximate surface area is 123 Å². The number of benzene rings is 1. The number of amides is 1. The van der Waals surface area contributed by atoms with Gasteiger partial charge in [-0.25, -0.2) is 0 Å². The van der Waals surface area contributed by atoms with Crippen molar-refractivity contribution >= 4 is 28.1 Å². The number of carbonyl (C=O) groups excluding carboxylic acids is 1. The van der Waals surface area contributed by atoms with Gasteiger partial charge < -0.3 is 11.1 Å². The predicted octanol–water partition coefficient (Wildman–Crippen LogP) is 2.70. The minimum atomic E-state index is -0.963. The maximum atomic E-state index is 12.0. The third-order valence-electron chi connectivity index (χ3n) is 3.41. The van der Waals surface area contributed by atoms with Crippen molar-refractivity contribution in [2.45, 2.75) is 39.4 Å². The molecule has 0 saturated carbocycles. The standard InChI is InChI=1S/C15H24N2O2S/c1-10(2)12(4)20(19)8-7-15(18)17-14-6-5-13(16)9-11(14)3/h5-6,9-10,12H,7-8,16H2,1-4H3,(H,17,18). The fraction of sp³-hybridized carbons (Fsp3) is 0.533. The second-order valence-corrected chi connectivity index (χ2v) is 7.32. The summed E-state index contributed by atoms with van der Waals surface area (Å²) in [5, 5.41) is 2.94. The molecule has 2 atom stereocenters. The first-order valence-corrected chi connectivity index (χ1v) is 8.22. The van der Waals surface area contributed by atoms with Crippen LogP contribution in [0, 0.1) is 12.8 Å². The summed E-state index contributed by atoms with van der Waals surface area (Å²) in [6, 6.07) is 5.35. The van der Waals surface area contributed by atoms with Gasteiger partial charge in [0.25, 0.3) is 0 Å². The van der Waals surface area contributed by atoms with Gasteiger partial charge in [0.2, 0.25) is 5.91 Å². The topological polar surface area (TPSA) is 72.2 Å². The number of nitrogens with two attached hydrogens (primary N) is 1. The molecule has 1 rings (SSSR count). The fourth-order valence-corrected chi connectivity index (χ4v) is 3.09. The summed E-state index contributed by atoms with van der Waals surface area (Å²) in [6.07, 6.45) is 0.271. The third kappa shape index (κ3) is 4.96. The highest BCUT2D eigenvalue weighted by Gasteiger charge is 2.16. The lowest BCUT2D eigenvalue weighted by Crippen LogP contribution is -2.23. The van der Waals surface area contributed by atoms with E-state index in [2.05, 4.69) is 5.32 Å². The van der Waals surface area contributed by atoms with Crippen LogP contribution in [0.3, 0.4) is 0 Å². The number of rotatable bonds is 6.